The third kappa shape index (κ3) is 3.73. The molecule has 23 heavy (non-hydrogen) atoms. The summed E-state index contributed by atoms with van der Waals surface area (Å²) < 4.78 is 0. The Bertz CT molecular complexity index is 803. The smallest absolute Gasteiger partial charge is 0.310 e. The molecule has 0 radical (unpaired) electrons. The Labute approximate surface area is 129 Å². The molecule has 0 fully saturated rings. The Morgan fingerprint density at radius 1 is 1.13 bits per heavy atom. The van der Waals surface area contributed by atoms with Crippen LogP contribution in [0.15, 0.2) is 41.5 Å². The number of benzene rings is 2. The van der Waals surface area contributed by atoms with Crippen LogP contribution in [0.3, 0.4) is 0 Å². The number of phenols is 3. The molecule has 0 bridgehead atoms. The molecule has 2 rings (SSSR count). The number of hydrogen-bond acceptors (Lipinski definition) is 7. The highest BCUT2D eigenvalue weighted by atomic mass is 16.6. The molecule has 4 N–H and O–H groups in total. The fourth-order valence-corrected chi connectivity index (χ4v) is 1.69. The van der Waals surface area contributed by atoms with Crippen LogP contribution in [0.4, 0.5) is 5.69 Å². The molecular weight excluding hydrogens is 306 g/mol. The van der Waals surface area contributed by atoms with Crippen LogP contribution in [0.1, 0.15) is 15.9 Å². The maximum Gasteiger partial charge on any atom is 0.310 e. The van der Waals surface area contributed by atoms with E-state index in [1.807, 2.05) is 0 Å². The molecule has 0 aliphatic rings. The summed E-state index contributed by atoms with van der Waals surface area (Å²) in [6.07, 6.45) is 1.15. The number of amides is 1. The first-order valence-corrected chi connectivity index (χ1v) is 6.21. The molecule has 1 amide bonds. The Balaban J connectivity index is 2.09. The fraction of sp³-hybridized carbons (Fsp3) is 0. The number of nitro groups is 1. The van der Waals surface area contributed by atoms with E-state index in [1.54, 1.807) is 0 Å². The Morgan fingerprint density at radius 3 is 2.48 bits per heavy atom. The molecule has 0 aromatic heterocycles. The summed E-state index contributed by atoms with van der Waals surface area (Å²) in [6.45, 7) is 0. The Hall–Kier alpha value is -3.62. The van der Waals surface area contributed by atoms with Crippen molar-refractivity contribution >= 4 is 17.8 Å². The monoisotopic (exact) mass is 317 g/mol. The quantitative estimate of drug-likeness (QED) is 0.381. The van der Waals surface area contributed by atoms with E-state index in [1.165, 1.54) is 18.2 Å². The van der Waals surface area contributed by atoms with E-state index in [4.69, 9.17) is 5.11 Å². The zero-order valence-corrected chi connectivity index (χ0v) is 11.5. The minimum absolute atomic E-state index is 0.0276. The molecule has 0 saturated carbocycles. The van der Waals surface area contributed by atoms with Crippen LogP contribution < -0.4 is 5.43 Å². The van der Waals surface area contributed by atoms with Gasteiger partial charge in [-0.25, -0.2) is 5.43 Å². The maximum absolute atomic E-state index is 11.8. The number of carbonyl (C=O) groups excluding carboxylic acids is 1. The van der Waals surface area contributed by atoms with Crippen molar-refractivity contribution in [1.82, 2.24) is 5.43 Å². The molecule has 2 aromatic carbocycles. The van der Waals surface area contributed by atoms with Crippen LogP contribution in [0, 0.1) is 10.1 Å². The second kappa shape index (κ2) is 6.43. The van der Waals surface area contributed by atoms with E-state index >= 15 is 0 Å². The van der Waals surface area contributed by atoms with Crippen LogP contribution in [0.5, 0.6) is 17.2 Å². The van der Waals surface area contributed by atoms with Crippen LogP contribution in [0.25, 0.3) is 0 Å². The van der Waals surface area contributed by atoms with Gasteiger partial charge in [-0.05, 0) is 24.3 Å². The van der Waals surface area contributed by atoms with E-state index in [0.29, 0.717) is 0 Å². The molecule has 9 heteroatoms. The molecule has 0 saturated heterocycles. The van der Waals surface area contributed by atoms with Gasteiger partial charge in [-0.3, -0.25) is 14.9 Å². The second-order valence-corrected chi connectivity index (χ2v) is 4.40. The third-order valence-electron chi connectivity index (χ3n) is 2.82. The van der Waals surface area contributed by atoms with Gasteiger partial charge in [0.05, 0.1) is 11.1 Å². The number of nitro benzene ring substituents is 1. The number of nitrogens with one attached hydrogen (secondary N) is 1. The van der Waals surface area contributed by atoms with Gasteiger partial charge in [0.15, 0.2) is 5.75 Å². The van der Waals surface area contributed by atoms with E-state index in [0.717, 1.165) is 24.4 Å². The molecule has 0 spiro atoms. The van der Waals surface area contributed by atoms with Crippen molar-refractivity contribution in [3.63, 3.8) is 0 Å². The van der Waals surface area contributed by atoms with Gasteiger partial charge in [-0.1, -0.05) is 0 Å². The van der Waals surface area contributed by atoms with E-state index in [2.05, 4.69) is 10.5 Å². The largest absolute Gasteiger partial charge is 0.508 e. The molecular formula is C14H11N3O6. The summed E-state index contributed by atoms with van der Waals surface area (Å²) in [6, 6.07) is 6.94. The summed E-state index contributed by atoms with van der Waals surface area (Å²) in [4.78, 5) is 21.6. The number of carbonyl (C=O) groups is 1. The minimum Gasteiger partial charge on any atom is -0.508 e. The summed E-state index contributed by atoms with van der Waals surface area (Å²) in [7, 11) is 0. The molecule has 0 atom stereocenters. The standard InChI is InChI=1S/C14H11N3O6/c18-10-3-1-9(12(19)6-10)7-15-16-14(21)8-2-4-11(17(22)23)13(20)5-8/h1-7,18-20H,(H,16,21). The van der Waals surface area contributed by atoms with Crippen LogP contribution >= 0.6 is 0 Å². The Kier molecular flexibility index (Phi) is 4.41. The zero-order valence-electron chi connectivity index (χ0n) is 11.5. The molecule has 2 aromatic rings. The van der Waals surface area contributed by atoms with E-state index in [-0.39, 0.29) is 22.6 Å². The minimum atomic E-state index is -0.775. The highest BCUT2D eigenvalue weighted by molar-refractivity contribution is 5.95. The van der Waals surface area contributed by atoms with E-state index in [9.17, 15) is 25.1 Å². The average molecular weight is 317 g/mol. The average Bonchev–Trinajstić information content (AvgIpc) is 2.48. The molecule has 0 unspecified atom stereocenters. The van der Waals surface area contributed by atoms with Gasteiger partial charge in [-0.2, -0.15) is 5.10 Å². The van der Waals surface area contributed by atoms with Gasteiger partial charge in [0.1, 0.15) is 11.5 Å². The van der Waals surface area contributed by atoms with E-state index < -0.39 is 22.3 Å². The van der Waals surface area contributed by atoms with Gasteiger partial charge < -0.3 is 15.3 Å². The first-order valence-electron chi connectivity index (χ1n) is 6.21. The maximum atomic E-state index is 11.8. The summed E-state index contributed by atoms with van der Waals surface area (Å²) >= 11 is 0. The second-order valence-electron chi connectivity index (χ2n) is 4.40. The van der Waals surface area contributed by atoms with Gasteiger partial charge in [0.25, 0.3) is 5.91 Å². The van der Waals surface area contributed by atoms with Gasteiger partial charge in [0.2, 0.25) is 0 Å². The van der Waals surface area contributed by atoms with Gasteiger partial charge in [-0.15, -0.1) is 0 Å². The molecule has 9 nitrogen and oxygen atoms in total. The summed E-state index contributed by atoms with van der Waals surface area (Å²) in [5, 5.41) is 42.3. The Morgan fingerprint density at radius 2 is 1.87 bits per heavy atom. The van der Waals surface area contributed by atoms with Gasteiger partial charge in [0, 0.05) is 23.3 Å². The summed E-state index contributed by atoms with van der Waals surface area (Å²) in [5.74, 6) is -1.69. The van der Waals surface area contributed by atoms with Crippen molar-refractivity contribution in [2.45, 2.75) is 0 Å². The number of rotatable bonds is 4. The number of hydrazone groups is 1. The van der Waals surface area contributed by atoms with Crippen LogP contribution in [0.2, 0.25) is 0 Å². The van der Waals surface area contributed by atoms with Crippen molar-refractivity contribution < 1.29 is 25.0 Å². The van der Waals surface area contributed by atoms with Crippen LogP contribution in [-0.4, -0.2) is 32.4 Å². The summed E-state index contributed by atoms with van der Waals surface area (Å²) in [5.41, 5.74) is 1.86. The number of hydrogen-bond donors (Lipinski definition) is 4. The lowest BCUT2D eigenvalue weighted by molar-refractivity contribution is -0.385. The van der Waals surface area contributed by atoms with Crippen molar-refractivity contribution in [1.29, 1.82) is 0 Å². The topological polar surface area (TPSA) is 145 Å². The fourth-order valence-electron chi connectivity index (χ4n) is 1.69. The predicted molar refractivity (Wildman–Crippen MR) is 79.6 cm³/mol. The SMILES string of the molecule is O=C(NN=Cc1ccc(O)cc1O)c1ccc([N+](=O)[O-])c(O)c1. The third-order valence-corrected chi connectivity index (χ3v) is 2.82. The molecule has 0 aliphatic heterocycles. The lowest BCUT2D eigenvalue weighted by Gasteiger charge is -2.02. The van der Waals surface area contributed by atoms with Crippen LogP contribution in [-0.2, 0) is 0 Å². The van der Waals surface area contributed by atoms with Gasteiger partial charge >= 0.3 is 5.69 Å². The zero-order chi connectivity index (χ0) is 17.0. The first-order chi connectivity index (χ1) is 10.9. The molecule has 118 valence electrons. The van der Waals surface area contributed by atoms with Crippen molar-refractivity contribution in [3.05, 3.63) is 57.6 Å². The number of aromatic hydroxyl groups is 3. The van der Waals surface area contributed by atoms with Crippen molar-refractivity contribution in [2.24, 2.45) is 5.10 Å². The van der Waals surface area contributed by atoms with Crippen molar-refractivity contribution in [2.75, 3.05) is 0 Å². The number of nitrogens with zero attached hydrogens (tertiary/aromatic N) is 2. The first kappa shape index (κ1) is 15.8. The molecule has 0 heterocycles. The van der Waals surface area contributed by atoms with Crippen molar-refractivity contribution in [3.8, 4) is 17.2 Å². The predicted octanol–water partition coefficient (Wildman–Crippen LogP) is 1.48. The normalized spacial score (nSPS) is 10.6. The number of phenolic OH excluding ortho intramolecular Hbond substituents is 3. The highest BCUT2D eigenvalue weighted by Gasteiger charge is 2.15. The highest BCUT2D eigenvalue weighted by Crippen LogP contribution is 2.26. The lowest BCUT2D eigenvalue weighted by Crippen LogP contribution is -2.17. The molecule has 0 aliphatic carbocycles. The lowest BCUT2D eigenvalue weighted by atomic mass is 10.2.